The highest BCUT2D eigenvalue weighted by atomic mass is 19.1. The summed E-state index contributed by atoms with van der Waals surface area (Å²) in [6, 6.07) is 10.3. The minimum atomic E-state index is -1.06. The van der Waals surface area contributed by atoms with Gasteiger partial charge in [0.05, 0.1) is 11.6 Å². The minimum absolute atomic E-state index is 0.0740. The fraction of sp³-hybridized carbons (Fsp3) is 0.391. The summed E-state index contributed by atoms with van der Waals surface area (Å²) >= 11 is 0. The average Bonchev–Trinajstić information content (AvgIpc) is 2.66. The summed E-state index contributed by atoms with van der Waals surface area (Å²) in [5, 5.41) is 9.82. The van der Waals surface area contributed by atoms with Gasteiger partial charge in [0.15, 0.2) is 6.29 Å². The number of fused-ring (bicyclic) bond motifs is 1. The third-order valence-electron chi connectivity index (χ3n) is 5.31. The van der Waals surface area contributed by atoms with Crippen molar-refractivity contribution in [3.8, 4) is 5.75 Å². The average molecular weight is 399 g/mol. The molecule has 6 heteroatoms. The number of aldehydes is 1. The molecule has 0 fully saturated rings. The predicted octanol–water partition coefficient (Wildman–Crippen LogP) is 5.40. The first-order chi connectivity index (χ1) is 13.6. The summed E-state index contributed by atoms with van der Waals surface area (Å²) in [7, 11) is 0. The Morgan fingerprint density at radius 1 is 1.28 bits per heavy atom. The number of hydrogen-bond donors (Lipinski definition) is 1. The highest BCUT2D eigenvalue weighted by Crippen LogP contribution is 2.50. The number of carbonyl (C=O) groups excluding carboxylic acids is 1. The van der Waals surface area contributed by atoms with Gasteiger partial charge in [-0.05, 0) is 17.0 Å². The molecule has 29 heavy (non-hydrogen) atoms. The molecule has 2 aromatic rings. The van der Waals surface area contributed by atoms with E-state index in [4.69, 9.17) is 4.74 Å². The van der Waals surface area contributed by atoms with E-state index >= 15 is 4.39 Å². The van der Waals surface area contributed by atoms with Crippen LogP contribution in [0.5, 0.6) is 5.75 Å². The van der Waals surface area contributed by atoms with E-state index in [9.17, 15) is 14.7 Å². The van der Waals surface area contributed by atoms with Crippen LogP contribution < -0.4 is 4.74 Å². The van der Waals surface area contributed by atoms with E-state index in [-0.39, 0.29) is 18.7 Å². The maximum Gasteiger partial charge on any atom is 0.407 e. The normalized spacial score (nSPS) is 18.9. The first-order valence-electron chi connectivity index (χ1n) is 9.63. The molecule has 2 aromatic carbocycles. The van der Waals surface area contributed by atoms with Gasteiger partial charge in [-0.25, -0.2) is 9.18 Å². The number of benzene rings is 2. The van der Waals surface area contributed by atoms with Crippen LogP contribution in [0.3, 0.4) is 0 Å². The third-order valence-corrected chi connectivity index (χ3v) is 5.31. The monoisotopic (exact) mass is 399 g/mol. The van der Waals surface area contributed by atoms with Crippen molar-refractivity contribution in [3.05, 3.63) is 64.5 Å². The molecule has 0 radical (unpaired) electrons. The SMILES string of the molecule is CC1CN(C(=O)O)C(C(C)(C)C)c2c(OCc3ccccc3)cc(C=O)c(F)c21. The molecular formula is C23H26FNO4. The van der Waals surface area contributed by atoms with Crippen molar-refractivity contribution in [2.24, 2.45) is 5.41 Å². The molecule has 1 amide bonds. The van der Waals surface area contributed by atoms with Gasteiger partial charge in [0, 0.05) is 23.6 Å². The number of carboxylic acid groups (broad SMARTS) is 1. The number of amides is 1. The van der Waals surface area contributed by atoms with Gasteiger partial charge >= 0.3 is 6.09 Å². The van der Waals surface area contributed by atoms with Crippen LogP contribution in [0.2, 0.25) is 0 Å². The second-order valence-electron chi connectivity index (χ2n) is 8.60. The molecule has 0 aliphatic carbocycles. The summed E-state index contributed by atoms with van der Waals surface area (Å²) in [6.07, 6.45) is -0.579. The number of nitrogens with zero attached hydrogens (tertiary/aromatic N) is 1. The number of hydrogen-bond acceptors (Lipinski definition) is 3. The fourth-order valence-electron chi connectivity index (χ4n) is 4.13. The lowest BCUT2D eigenvalue weighted by Crippen LogP contribution is -2.46. The first-order valence-corrected chi connectivity index (χ1v) is 9.63. The standard InChI is InChI=1S/C23H26FNO4/c1-14-11-25(22(27)28)21(23(2,3)4)19-17(10-16(12-26)20(24)18(14)19)29-13-15-8-6-5-7-9-15/h5-10,12,14,21H,11,13H2,1-4H3,(H,27,28). The zero-order chi connectivity index (χ0) is 21.3. The van der Waals surface area contributed by atoms with Crippen LogP contribution in [-0.4, -0.2) is 28.9 Å². The summed E-state index contributed by atoms with van der Waals surface area (Å²) in [5.74, 6) is -0.641. The first kappa shape index (κ1) is 20.8. The molecule has 1 N–H and O–H groups in total. The quantitative estimate of drug-likeness (QED) is 0.699. The van der Waals surface area contributed by atoms with Crippen molar-refractivity contribution in [2.45, 2.75) is 46.3 Å². The molecule has 1 aliphatic rings. The molecule has 2 unspecified atom stereocenters. The number of carbonyl (C=O) groups is 2. The van der Waals surface area contributed by atoms with Gasteiger partial charge in [-0.15, -0.1) is 0 Å². The molecule has 1 heterocycles. The molecule has 154 valence electrons. The highest BCUT2D eigenvalue weighted by Gasteiger charge is 2.44. The fourth-order valence-corrected chi connectivity index (χ4v) is 4.13. The van der Waals surface area contributed by atoms with Crippen LogP contribution in [0.4, 0.5) is 9.18 Å². The minimum Gasteiger partial charge on any atom is -0.489 e. The molecule has 0 saturated carbocycles. The predicted molar refractivity (Wildman–Crippen MR) is 108 cm³/mol. The Balaban J connectivity index is 2.19. The van der Waals surface area contributed by atoms with Crippen LogP contribution in [-0.2, 0) is 6.61 Å². The van der Waals surface area contributed by atoms with Crippen LogP contribution >= 0.6 is 0 Å². The van der Waals surface area contributed by atoms with Crippen molar-refractivity contribution in [1.29, 1.82) is 0 Å². The molecular weight excluding hydrogens is 373 g/mol. The summed E-state index contributed by atoms with van der Waals surface area (Å²) in [5.41, 5.74) is 1.22. The smallest absolute Gasteiger partial charge is 0.407 e. The van der Waals surface area contributed by atoms with Crippen LogP contribution in [0.1, 0.15) is 66.7 Å². The second-order valence-corrected chi connectivity index (χ2v) is 8.60. The van der Waals surface area contributed by atoms with Crippen LogP contribution in [0, 0.1) is 11.2 Å². The van der Waals surface area contributed by atoms with Crippen LogP contribution in [0.15, 0.2) is 36.4 Å². The second kappa shape index (κ2) is 7.85. The van der Waals surface area contributed by atoms with Gasteiger partial charge in [0.1, 0.15) is 18.2 Å². The lowest BCUT2D eigenvalue weighted by molar-refractivity contribution is 0.0672. The van der Waals surface area contributed by atoms with E-state index in [0.717, 1.165) is 5.56 Å². The Morgan fingerprint density at radius 2 is 1.93 bits per heavy atom. The van der Waals surface area contributed by atoms with Gasteiger partial charge in [0.25, 0.3) is 0 Å². The van der Waals surface area contributed by atoms with Gasteiger partial charge in [-0.1, -0.05) is 58.0 Å². The zero-order valence-electron chi connectivity index (χ0n) is 17.1. The number of ether oxygens (including phenoxy) is 1. The van der Waals surface area contributed by atoms with Crippen molar-refractivity contribution >= 4 is 12.4 Å². The molecule has 0 spiro atoms. The summed E-state index contributed by atoms with van der Waals surface area (Å²) in [6.45, 7) is 7.91. The third kappa shape index (κ3) is 3.97. The largest absolute Gasteiger partial charge is 0.489 e. The van der Waals surface area contributed by atoms with Crippen molar-refractivity contribution < 1.29 is 23.8 Å². The highest BCUT2D eigenvalue weighted by molar-refractivity contribution is 5.78. The zero-order valence-corrected chi connectivity index (χ0v) is 17.1. The van der Waals surface area contributed by atoms with E-state index in [1.807, 2.05) is 51.1 Å². The molecule has 2 atom stereocenters. The number of halogens is 1. The molecule has 0 aromatic heterocycles. The molecule has 1 aliphatic heterocycles. The van der Waals surface area contributed by atoms with Gasteiger partial charge < -0.3 is 14.7 Å². The maximum atomic E-state index is 15.2. The number of rotatable bonds is 4. The van der Waals surface area contributed by atoms with Crippen molar-refractivity contribution in [3.63, 3.8) is 0 Å². The lowest BCUT2D eigenvalue weighted by Gasteiger charge is -2.45. The van der Waals surface area contributed by atoms with Crippen molar-refractivity contribution in [1.82, 2.24) is 4.90 Å². The summed E-state index contributed by atoms with van der Waals surface area (Å²) < 4.78 is 21.2. The Labute approximate surface area is 170 Å². The topological polar surface area (TPSA) is 66.8 Å². The van der Waals surface area contributed by atoms with E-state index in [1.54, 1.807) is 6.92 Å². The lowest BCUT2D eigenvalue weighted by atomic mass is 9.74. The van der Waals surface area contributed by atoms with E-state index in [1.165, 1.54) is 11.0 Å². The Kier molecular flexibility index (Phi) is 5.64. The van der Waals surface area contributed by atoms with Gasteiger partial charge in [0.2, 0.25) is 0 Å². The van der Waals surface area contributed by atoms with E-state index in [2.05, 4.69) is 0 Å². The molecule has 0 bridgehead atoms. The van der Waals surface area contributed by atoms with Crippen molar-refractivity contribution in [2.75, 3.05) is 6.54 Å². The van der Waals surface area contributed by atoms with E-state index in [0.29, 0.717) is 23.2 Å². The Bertz CT molecular complexity index is 921. The van der Waals surface area contributed by atoms with Gasteiger partial charge in [-0.2, -0.15) is 0 Å². The van der Waals surface area contributed by atoms with Gasteiger partial charge in [-0.3, -0.25) is 4.79 Å². The molecule has 5 nitrogen and oxygen atoms in total. The Morgan fingerprint density at radius 3 is 2.48 bits per heavy atom. The molecule has 0 saturated heterocycles. The summed E-state index contributed by atoms with van der Waals surface area (Å²) in [4.78, 5) is 24.8. The molecule has 3 rings (SSSR count). The van der Waals surface area contributed by atoms with E-state index < -0.39 is 29.3 Å². The van der Waals surface area contributed by atoms with Crippen LogP contribution in [0.25, 0.3) is 0 Å². The Hall–Kier alpha value is -2.89. The maximum absolute atomic E-state index is 15.2.